The van der Waals surface area contributed by atoms with Crippen LogP contribution in [0.5, 0.6) is 0 Å². The minimum Gasteiger partial charge on any atom is -0.377 e. The Morgan fingerprint density at radius 1 is 0.696 bits per heavy atom. The van der Waals surface area contributed by atoms with Crippen molar-refractivity contribution in [1.29, 1.82) is 0 Å². The van der Waals surface area contributed by atoms with Gasteiger partial charge in [0.25, 0.3) is 0 Å². The van der Waals surface area contributed by atoms with Gasteiger partial charge in [-0.3, -0.25) is 0 Å². The molecule has 1 fully saturated rings. The molecule has 1 aliphatic rings. The quantitative estimate of drug-likeness (QED) is 0.753. The summed E-state index contributed by atoms with van der Waals surface area (Å²) in [5.74, 6) is 0. The molecule has 0 amide bonds. The van der Waals surface area contributed by atoms with Crippen molar-refractivity contribution in [3.05, 3.63) is 11.6 Å². The van der Waals surface area contributed by atoms with Crippen LogP contribution in [0.4, 0.5) is 5.13 Å². The number of thiazole rings is 1. The highest BCUT2D eigenvalue weighted by Gasteiger charge is 2.09. The molecular weight excluding hydrogens is 320 g/mol. The van der Waals surface area contributed by atoms with E-state index in [1.165, 1.54) is 0 Å². The van der Waals surface area contributed by atoms with Gasteiger partial charge in [0.1, 0.15) is 0 Å². The van der Waals surface area contributed by atoms with Crippen LogP contribution in [0.3, 0.4) is 0 Å². The van der Waals surface area contributed by atoms with Crippen molar-refractivity contribution in [2.75, 3.05) is 84.1 Å². The van der Waals surface area contributed by atoms with Crippen molar-refractivity contribution < 1.29 is 23.7 Å². The molecule has 0 aliphatic carbocycles. The largest absolute Gasteiger partial charge is 0.377 e. The van der Waals surface area contributed by atoms with E-state index in [-0.39, 0.29) is 0 Å². The van der Waals surface area contributed by atoms with Crippen molar-refractivity contribution in [3.8, 4) is 0 Å². The standard InChI is InChI=1S/C15H26N2O5S/c1-14-23-15(16-1)17-2-4-18-6-8-20-10-12-22-13-11-21-9-7-19-5-3-17/h1,14H,2-13H2. The first-order chi connectivity index (χ1) is 11.5. The predicted molar refractivity (Wildman–Crippen MR) is 88.4 cm³/mol. The fourth-order valence-corrected chi connectivity index (χ4v) is 2.70. The third-order valence-electron chi connectivity index (χ3n) is 3.19. The summed E-state index contributed by atoms with van der Waals surface area (Å²) in [5, 5.41) is 2.97. The zero-order chi connectivity index (χ0) is 16.0. The molecule has 1 saturated heterocycles. The molecule has 0 N–H and O–H groups in total. The second-order valence-corrected chi connectivity index (χ2v) is 5.74. The first-order valence-corrected chi connectivity index (χ1v) is 8.88. The molecule has 7 nitrogen and oxygen atoms in total. The van der Waals surface area contributed by atoms with Gasteiger partial charge >= 0.3 is 0 Å². The molecule has 0 unspecified atom stereocenters. The lowest BCUT2D eigenvalue weighted by molar-refractivity contribution is -0.0116. The van der Waals surface area contributed by atoms with Crippen LogP contribution in [-0.2, 0) is 23.7 Å². The van der Waals surface area contributed by atoms with Crippen LogP contribution in [0.1, 0.15) is 0 Å². The Morgan fingerprint density at radius 2 is 1.13 bits per heavy atom. The summed E-state index contributed by atoms with van der Waals surface area (Å²) < 4.78 is 27.5. The van der Waals surface area contributed by atoms with E-state index in [2.05, 4.69) is 9.88 Å². The topological polar surface area (TPSA) is 62.3 Å². The lowest BCUT2D eigenvalue weighted by Gasteiger charge is -2.21. The molecule has 2 rings (SSSR count). The molecular formula is C15H26N2O5S. The fourth-order valence-electron chi connectivity index (χ4n) is 2.01. The Balaban J connectivity index is 1.72. The molecule has 132 valence electrons. The summed E-state index contributed by atoms with van der Waals surface area (Å²) in [5.41, 5.74) is 0. The maximum Gasteiger partial charge on any atom is 0.185 e. The van der Waals surface area contributed by atoms with Crippen molar-refractivity contribution >= 4 is 16.5 Å². The van der Waals surface area contributed by atoms with Gasteiger partial charge in [0.2, 0.25) is 0 Å². The Labute approximate surface area is 141 Å². The SMILES string of the molecule is c1csc(N2CCOCCOCCOCCOCCOCC2)n1. The lowest BCUT2D eigenvalue weighted by atomic mass is 10.5. The molecule has 0 atom stereocenters. The minimum absolute atomic E-state index is 0.581. The van der Waals surface area contributed by atoms with Gasteiger partial charge in [0, 0.05) is 24.7 Å². The zero-order valence-corrected chi connectivity index (χ0v) is 14.3. The highest BCUT2D eigenvalue weighted by molar-refractivity contribution is 7.13. The Bertz CT molecular complexity index is 362. The number of aromatic nitrogens is 1. The Hall–Kier alpha value is -0.770. The van der Waals surface area contributed by atoms with Crippen LogP contribution in [-0.4, -0.2) is 84.1 Å². The van der Waals surface area contributed by atoms with Gasteiger partial charge < -0.3 is 28.6 Å². The predicted octanol–water partition coefficient (Wildman–Crippen LogP) is 1.05. The second-order valence-electron chi connectivity index (χ2n) is 4.86. The minimum atomic E-state index is 0.581. The van der Waals surface area contributed by atoms with Gasteiger partial charge in [-0.15, -0.1) is 11.3 Å². The average Bonchev–Trinajstić information content (AvgIpc) is 3.09. The van der Waals surface area contributed by atoms with E-state index < -0.39 is 0 Å². The van der Waals surface area contributed by atoms with E-state index in [4.69, 9.17) is 23.7 Å². The second kappa shape index (κ2) is 12.6. The van der Waals surface area contributed by atoms with E-state index in [0.29, 0.717) is 66.1 Å². The van der Waals surface area contributed by atoms with E-state index >= 15 is 0 Å². The number of ether oxygens (including phenoxy) is 5. The van der Waals surface area contributed by atoms with Gasteiger partial charge in [-0.2, -0.15) is 0 Å². The van der Waals surface area contributed by atoms with E-state index in [0.717, 1.165) is 18.2 Å². The number of nitrogens with zero attached hydrogens (tertiary/aromatic N) is 2. The maximum atomic E-state index is 5.62. The number of hydrogen-bond acceptors (Lipinski definition) is 8. The summed E-state index contributed by atoms with van der Waals surface area (Å²) in [6.07, 6.45) is 1.82. The van der Waals surface area contributed by atoms with Gasteiger partial charge in [0.05, 0.1) is 66.1 Å². The van der Waals surface area contributed by atoms with Gasteiger partial charge in [-0.05, 0) is 0 Å². The third-order valence-corrected chi connectivity index (χ3v) is 4.02. The summed E-state index contributed by atoms with van der Waals surface area (Å²) in [4.78, 5) is 6.55. The molecule has 1 aromatic rings. The molecule has 0 saturated carbocycles. The van der Waals surface area contributed by atoms with Crippen LogP contribution < -0.4 is 4.90 Å². The molecule has 0 aromatic carbocycles. The molecule has 2 heterocycles. The summed E-state index contributed by atoms with van der Waals surface area (Å²) in [7, 11) is 0. The highest BCUT2D eigenvalue weighted by atomic mass is 32.1. The van der Waals surface area contributed by atoms with Crippen molar-refractivity contribution in [3.63, 3.8) is 0 Å². The van der Waals surface area contributed by atoms with Crippen molar-refractivity contribution in [2.24, 2.45) is 0 Å². The van der Waals surface area contributed by atoms with Crippen LogP contribution >= 0.6 is 11.3 Å². The molecule has 23 heavy (non-hydrogen) atoms. The van der Waals surface area contributed by atoms with Gasteiger partial charge in [-0.1, -0.05) is 0 Å². The van der Waals surface area contributed by atoms with E-state index in [1.54, 1.807) is 11.3 Å². The van der Waals surface area contributed by atoms with Crippen molar-refractivity contribution in [1.82, 2.24) is 4.98 Å². The van der Waals surface area contributed by atoms with E-state index in [9.17, 15) is 0 Å². The first kappa shape index (κ1) is 18.6. The molecule has 0 bridgehead atoms. The number of hydrogen-bond donors (Lipinski definition) is 0. The fraction of sp³-hybridized carbons (Fsp3) is 0.800. The number of rotatable bonds is 1. The molecule has 0 spiro atoms. The van der Waals surface area contributed by atoms with Crippen LogP contribution in [0, 0.1) is 0 Å². The molecule has 1 aliphatic heterocycles. The summed E-state index contributed by atoms with van der Waals surface area (Å²) in [6.45, 7) is 7.53. The normalized spacial score (nSPS) is 21.5. The first-order valence-electron chi connectivity index (χ1n) is 8.00. The van der Waals surface area contributed by atoms with Gasteiger partial charge in [0.15, 0.2) is 5.13 Å². The molecule has 0 radical (unpaired) electrons. The van der Waals surface area contributed by atoms with Crippen LogP contribution in [0.15, 0.2) is 11.6 Å². The van der Waals surface area contributed by atoms with Crippen molar-refractivity contribution in [2.45, 2.75) is 0 Å². The smallest absolute Gasteiger partial charge is 0.185 e. The third kappa shape index (κ3) is 8.59. The summed E-state index contributed by atoms with van der Waals surface area (Å²) in [6, 6.07) is 0. The maximum absolute atomic E-state index is 5.62. The number of anilines is 1. The Morgan fingerprint density at radius 3 is 1.52 bits per heavy atom. The molecule has 8 heteroatoms. The summed E-state index contributed by atoms with van der Waals surface area (Å²) >= 11 is 1.63. The zero-order valence-electron chi connectivity index (χ0n) is 13.5. The monoisotopic (exact) mass is 346 g/mol. The van der Waals surface area contributed by atoms with Gasteiger partial charge in [-0.25, -0.2) is 4.98 Å². The Kier molecular flexibility index (Phi) is 10.2. The van der Waals surface area contributed by atoms with E-state index in [1.807, 2.05) is 11.6 Å². The average molecular weight is 346 g/mol. The highest BCUT2D eigenvalue weighted by Crippen LogP contribution is 2.16. The molecule has 1 aromatic heterocycles. The lowest BCUT2D eigenvalue weighted by Crippen LogP contribution is -2.31. The van der Waals surface area contributed by atoms with Crippen LogP contribution in [0.2, 0.25) is 0 Å². The van der Waals surface area contributed by atoms with Crippen LogP contribution in [0.25, 0.3) is 0 Å².